The lowest BCUT2D eigenvalue weighted by atomic mass is 10.1. The lowest BCUT2D eigenvalue weighted by Gasteiger charge is -2.26. The molecule has 2 N–H and O–H groups in total. The lowest BCUT2D eigenvalue weighted by molar-refractivity contribution is -0.174. The fourth-order valence-corrected chi connectivity index (χ4v) is 5.75. The molecule has 0 radical (unpaired) electrons. The van der Waals surface area contributed by atoms with Gasteiger partial charge in [-0.15, -0.1) is 11.3 Å². The molecule has 9 nitrogen and oxygen atoms in total. The van der Waals surface area contributed by atoms with E-state index in [1.165, 1.54) is 34.7 Å². The molecule has 1 aliphatic heterocycles. The second kappa shape index (κ2) is 13.6. The smallest absolute Gasteiger partial charge is 0.471 e. The Labute approximate surface area is 276 Å². The number of halogens is 5. The predicted octanol–water partition coefficient (Wildman–Crippen LogP) is 7.21. The Hall–Kier alpha value is -4.61. The molecule has 246 valence electrons. The van der Waals surface area contributed by atoms with Crippen LogP contribution in [-0.4, -0.2) is 57.3 Å². The number of thiophene rings is 1. The van der Waals surface area contributed by atoms with Crippen molar-refractivity contribution in [2.24, 2.45) is 0 Å². The number of nitrogens with one attached hydrogen (secondary N) is 2. The van der Waals surface area contributed by atoms with Crippen LogP contribution >= 0.6 is 22.9 Å². The van der Waals surface area contributed by atoms with Crippen molar-refractivity contribution in [2.75, 3.05) is 11.9 Å². The summed E-state index contributed by atoms with van der Waals surface area (Å²) in [6.45, 7) is 4.94. The van der Waals surface area contributed by atoms with Gasteiger partial charge in [0.1, 0.15) is 40.8 Å². The zero-order valence-electron chi connectivity index (χ0n) is 25.2. The van der Waals surface area contributed by atoms with Crippen LogP contribution in [0.1, 0.15) is 37.6 Å². The van der Waals surface area contributed by atoms with E-state index in [-0.39, 0.29) is 25.4 Å². The van der Waals surface area contributed by atoms with Gasteiger partial charge < -0.3 is 20.1 Å². The summed E-state index contributed by atoms with van der Waals surface area (Å²) in [6.07, 6.45) is -4.45. The number of hydrogen-bond donors (Lipinski definition) is 2. The van der Waals surface area contributed by atoms with Gasteiger partial charge in [0.2, 0.25) is 0 Å². The van der Waals surface area contributed by atoms with Crippen LogP contribution in [0.25, 0.3) is 10.2 Å². The van der Waals surface area contributed by atoms with Crippen molar-refractivity contribution >= 4 is 56.7 Å². The minimum absolute atomic E-state index is 0.0196. The number of rotatable bonds is 6. The van der Waals surface area contributed by atoms with Gasteiger partial charge in [-0.1, -0.05) is 35.6 Å². The third-order valence-electron chi connectivity index (χ3n) is 6.69. The maximum absolute atomic E-state index is 13.5. The van der Waals surface area contributed by atoms with Gasteiger partial charge in [-0.3, -0.25) is 9.69 Å². The number of hydrogen-bond acceptors (Lipinski definition) is 8. The van der Waals surface area contributed by atoms with Gasteiger partial charge in [0.15, 0.2) is 0 Å². The summed E-state index contributed by atoms with van der Waals surface area (Å²) in [5.41, 5.74) is 0.412. The van der Waals surface area contributed by atoms with Gasteiger partial charge in [0.25, 0.3) is 0 Å². The van der Waals surface area contributed by atoms with E-state index in [1.807, 2.05) is 5.32 Å². The monoisotopic (exact) mass is 689 g/mol. The molecule has 0 bridgehead atoms. The molecule has 0 saturated carbocycles. The van der Waals surface area contributed by atoms with Gasteiger partial charge in [-0.2, -0.15) is 13.2 Å². The first-order valence-corrected chi connectivity index (χ1v) is 15.4. The van der Waals surface area contributed by atoms with E-state index in [0.29, 0.717) is 42.9 Å². The minimum atomic E-state index is -5.06. The summed E-state index contributed by atoms with van der Waals surface area (Å²) in [7, 11) is 0. The quantitative estimate of drug-likeness (QED) is 0.163. The molecule has 3 heterocycles. The number of benzene rings is 2. The van der Waals surface area contributed by atoms with Crippen molar-refractivity contribution in [3.63, 3.8) is 0 Å². The minimum Gasteiger partial charge on any atom is -0.487 e. The highest BCUT2D eigenvalue weighted by atomic mass is 35.5. The molecule has 1 fully saturated rings. The van der Waals surface area contributed by atoms with Crippen LogP contribution < -0.4 is 15.4 Å². The van der Waals surface area contributed by atoms with Crippen LogP contribution in [0.3, 0.4) is 0 Å². The second-order valence-corrected chi connectivity index (χ2v) is 13.0. The third kappa shape index (κ3) is 8.81. The predicted molar refractivity (Wildman–Crippen MR) is 169 cm³/mol. The van der Waals surface area contributed by atoms with Gasteiger partial charge in [0.05, 0.1) is 21.3 Å². The highest BCUT2D eigenvalue weighted by Gasteiger charge is 2.43. The Bertz CT molecular complexity index is 1870. The molecule has 0 spiro atoms. The molecule has 1 aliphatic rings. The van der Waals surface area contributed by atoms with E-state index in [0.717, 1.165) is 0 Å². The van der Waals surface area contributed by atoms with E-state index in [2.05, 4.69) is 27.1 Å². The molecule has 0 unspecified atom stereocenters. The van der Waals surface area contributed by atoms with Crippen molar-refractivity contribution in [3.8, 4) is 17.6 Å². The fourth-order valence-electron chi connectivity index (χ4n) is 4.66. The van der Waals surface area contributed by atoms with Crippen LogP contribution in [0.2, 0.25) is 5.02 Å². The number of ether oxygens (including phenoxy) is 2. The van der Waals surface area contributed by atoms with Crippen LogP contribution in [0, 0.1) is 17.7 Å². The molecule has 47 heavy (non-hydrogen) atoms. The third-order valence-corrected chi connectivity index (χ3v) is 7.95. The maximum atomic E-state index is 13.5. The fraction of sp³-hybridized carbons (Fsp3) is 0.312. The van der Waals surface area contributed by atoms with Crippen molar-refractivity contribution in [1.82, 2.24) is 20.2 Å². The number of carbonyl (C=O) groups is 2. The summed E-state index contributed by atoms with van der Waals surface area (Å²) in [5, 5.41) is 6.11. The van der Waals surface area contributed by atoms with Gasteiger partial charge in [-0.05, 0) is 62.7 Å². The van der Waals surface area contributed by atoms with Crippen molar-refractivity contribution < 1.29 is 36.6 Å². The number of carbonyl (C=O) groups excluding carboxylic acids is 2. The van der Waals surface area contributed by atoms with Crippen LogP contribution in [0.5, 0.6) is 5.75 Å². The van der Waals surface area contributed by atoms with Crippen LogP contribution in [0.15, 0.2) is 54.9 Å². The first-order chi connectivity index (χ1) is 22.1. The van der Waals surface area contributed by atoms with E-state index in [1.54, 1.807) is 57.2 Å². The molecular formula is C32H28ClF4N5O4S. The average Bonchev–Trinajstić information content (AvgIpc) is 3.59. The highest BCUT2D eigenvalue weighted by Crippen LogP contribution is 2.33. The number of alkyl halides is 3. The van der Waals surface area contributed by atoms with E-state index in [9.17, 15) is 27.2 Å². The lowest BCUT2D eigenvalue weighted by Crippen LogP contribution is -2.45. The largest absolute Gasteiger partial charge is 0.487 e. The molecule has 2 aromatic carbocycles. The topological polar surface area (TPSA) is 106 Å². The van der Waals surface area contributed by atoms with Crippen molar-refractivity contribution in [2.45, 2.75) is 57.7 Å². The molecule has 0 aliphatic carbocycles. The van der Waals surface area contributed by atoms with E-state index < -0.39 is 35.9 Å². The summed E-state index contributed by atoms with van der Waals surface area (Å²) < 4.78 is 63.3. The first kappa shape index (κ1) is 33.7. The van der Waals surface area contributed by atoms with Crippen molar-refractivity contribution in [1.29, 1.82) is 0 Å². The molecule has 5 rings (SSSR count). The van der Waals surface area contributed by atoms with Gasteiger partial charge >= 0.3 is 18.2 Å². The maximum Gasteiger partial charge on any atom is 0.471 e. The van der Waals surface area contributed by atoms with Gasteiger partial charge in [0, 0.05) is 24.7 Å². The Morgan fingerprint density at radius 3 is 2.62 bits per heavy atom. The van der Waals surface area contributed by atoms with Crippen LogP contribution in [-0.2, 0) is 16.1 Å². The summed E-state index contributed by atoms with van der Waals surface area (Å²) >= 11 is 7.71. The molecular weight excluding hydrogens is 662 g/mol. The zero-order valence-corrected chi connectivity index (χ0v) is 26.8. The Kier molecular flexibility index (Phi) is 9.78. The second-order valence-electron chi connectivity index (χ2n) is 11.6. The Balaban J connectivity index is 1.32. The van der Waals surface area contributed by atoms with Gasteiger partial charge in [-0.25, -0.2) is 19.2 Å². The number of amides is 2. The van der Waals surface area contributed by atoms with E-state index >= 15 is 0 Å². The number of likely N-dealkylation sites (tertiary alicyclic amines) is 1. The normalized spacial score (nSPS) is 16.4. The van der Waals surface area contributed by atoms with Crippen LogP contribution in [0.4, 0.5) is 33.9 Å². The van der Waals surface area contributed by atoms with Crippen molar-refractivity contribution in [3.05, 3.63) is 76.1 Å². The molecule has 2 atom stereocenters. The highest BCUT2D eigenvalue weighted by molar-refractivity contribution is 7.19. The SMILES string of the molecule is CC(C)(C)OC(=O)N1C[C@H](NC(=O)C(F)(F)F)C[C@@H]1C#Cc1cc2c(Nc3ccc(OCc4cccc(F)c4)c(Cl)c3)ncnc2s1. The standard InChI is InChI=1S/C32H28ClF4N5O4S/c1-31(2,3)46-30(44)42-15-21(41-29(43)32(35,36)37)12-22(42)8-9-23-14-24-27(38-17-39-28(24)47-23)40-20-7-10-26(25(33)13-20)45-16-18-5-4-6-19(34)11-18/h4-7,10-11,13-14,17,21-22H,12,15-16H2,1-3H3,(H,41,43)(H,38,39,40)/t21-,22+/m1/s1. The summed E-state index contributed by atoms with van der Waals surface area (Å²) in [5.74, 6) is 4.38. The zero-order chi connectivity index (χ0) is 33.9. The molecule has 1 saturated heterocycles. The number of aromatic nitrogens is 2. The molecule has 2 aromatic heterocycles. The first-order valence-electron chi connectivity index (χ1n) is 14.2. The number of anilines is 2. The Morgan fingerprint density at radius 2 is 1.91 bits per heavy atom. The average molecular weight is 690 g/mol. The summed E-state index contributed by atoms with van der Waals surface area (Å²) in [4.78, 5) is 35.5. The molecule has 4 aromatic rings. The van der Waals surface area contributed by atoms with E-state index in [4.69, 9.17) is 21.1 Å². The Morgan fingerprint density at radius 1 is 1.13 bits per heavy atom. The number of nitrogens with zero attached hydrogens (tertiary/aromatic N) is 3. The molecule has 15 heteroatoms. The summed E-state index contributed by atoms with van der Waals surface area (Å²) in [6, 6.07) is 11.1. The number of fused-ring (bicyclic) bond motifs is 1. The molecule has 2 amide bonds.